The number of carbonyl (C=O) groups excluding carboxylic acids is 1. The van der Waals surface area contributed by atoms with Gasteiger partial charge in [-0.3, -0.25) is 4.79 Å². The van der Waals surface area contributed by atoms with E-state index in [0.29, 0.717) is 12.8 Å². The van der Waals surface area contributed by atoms with Gasteiger partial charge in [-0.1, -0.05) is 275 Å². The monoisotopic (exact) mass is 928 g/mol. The number of carbonyl (C=O) groups is 1. The zero-order chi connectivity index (χ0) is 47.9. The van der Waals surface area contributed by atoms with E-state index in [9.17, 15) is 20.1 Å². The minimum Gasteiger partial charge on any atom is -0.394 e. The molecule has 0 aliphatic rings. The maximum atomic E-state index is 12.5. The first-order valence-electron chi connectivity index (χ1n) is 29.8. The summed E-state index contributed by atoms with van der Waals surface area (Å²) in [7, 11) is 0. The zero-order valence-corrected chi connectivity index (χ0v) is 44.6. The Kier molecular flexibility index (Phi) is 54.9. The molecule has 66 heavy (non-hydrogen) atoms. The standard InChI is InChI=1S/C61H117NO4/c1-3-5-7-9-11-13-15-17-19-21-23-25-26-27-28-29-30-31-32-33-34-36-38-40-42-44-46-48-50-52-54-56-60(65)62-58(57-63)61(66)59(64)55-53-51-49-47-45-43-41-39-37-35-24-22-20-18-16-14-12-10-8-6-4-2/h27-28,39,41,47,49,58-59,61,63-64,66H,3-26,29-38,40,42-46,48,50-57H2,1-2H3,(H,62,65)/b28-27-,41-39+,49-47+. The largest absolute Gasteiger partial charge is 0.394 e. The molecule has 0 aromatic heterocycles. The minimum absolute atomic E-state index is 0.154. The molecule has 0 saturated carbocycles. The number of rotatable bonds is 55. The summed E-state index contributed by atoms with van der Waals surface area (Å²) in [6, 6.07) is -0.833. The van der Waals surface area contributed by atoms with E-state index in [0.717, 1.165) is 44.9 Å². The summed E-state index contributed by atoms with van der Waals surface area (Å²) in [5.41, 5.74) is 0. The molecule has 1 amide bonds. The Morgan fingerprint density at radius 3 is 0.924 bits per heavy atom. The molecular weight excluding hydrogens is 811 g/mol. The first kappa shape index (κ1) is 64.6. The van der Waals surface area contributed by atoms with Crippen LogP contribution in [-0.4, -0.2) is 46.1 Å². The van der Waals surface area contributed by atoms with Gasteiger partial charge in [0.05, 0.1) is 18.8 Å². The second-order valence-electron chi connectivity index (χ2n) is 20.5. The lowest BCUT2D eigenvalue weighted by atomic mass is 10.0. The van der Waals surface area contributed by atoms with Crippen molar-refractivity contribution in [3.05, 3.63) is 36.5 Å². The highest BCUT2D eigenvalue weighted by atomic mass is 16.3. The molecule has 4 N–H and O–H groups in total. The van der Waals surface area contributed by atoms with Crippen molar-refractivity contribution in [2.75, 3.05) is 6.61 Å². The lowest BCUT2D eigenvalue weighted by Gasteiger charge is -2.26. The maximum absolute atomic E-state index is 12.5. The highest BCUT2D eigenvalue weighted by Crippen LogP contribution is 2.17. The van der Waals surface area contributed by atoms with Gasteiger partial charge in [-0.15, -0.1) is 0 Å². The first-order chi connectivity index (χ1) is 32.6. The summed E-state index contributed by atoms with van der Waals surface area (Å²) in [5, 5.41) is 33.8. The van der Waals surface area contributed by atoms with Gasteiger partial charge in [-0.05, 0) is 77.0 Å². The van der Waals surface area contributed by atoms with Crippen LogP contribution in [0.3, 0.4) is 0 Å². The Bertz CT molecular complexity index is 1020. The van der Waals surface area contributed by atoms with Crippen molar-refractivity contribution in [1.29, 1.82) is 0 Å². The molecule has 0 rings (SSSR count). The quantitative estimate of drug-likeness (QED) is 0.0361. The fraction of sp³-hybridized carbons (Fsp3) is 0.885. The number of allylic oxidation sites excluding steroid dienone is 6. The Hall–Kier alpha value is -1.43. The van der Waals surface area contributed by atoms with Crippen molar-refractivity contribution < 1.29 is 20.1 Å². The average Bonchev–Trinajstić information content (AvgIpc) is 3.32. The third kappa shape index (κ3) is 50.4. The van der Waals surface area contributed by atoms with Crippen LogP contribution in [0.4, 0.5) is 0 Å². The van der Waals surface area contributed by atoms with E-state index >= 15 is 0 Å². The van der Waals surface area contributed by atoms with Gasteiger partial charge >= 0.3 is 0 Å². The molecule has 0 radical (unpaired) electrons. The Labute approximate surface area is 413 Å². The molecule has 0 aliphatic carbocycles. The van der Waals surface area contributed by atoms with Crippen LogP contribution in [0.1, 0.15) is 322 Å². The normalized spacial score (nSPS) is 13.5. The van der Waals surface area contributed by atoms with Gasteiger partial charge in [0.2, 0.25) is 5.91 Å². The number of unbranched alkanes of at least 4 members (excludes halogenated alkanes) is 41. The van der Waals surface area contributed by atoms with Crippen molar-refractivity contribution in [1.82, 2.24) is 5.32 Å². The topological polar surface area (TPSA) is 89.8 Å². The number of nitrogens with one attached hydrogen (secondary N) is 1. The van der Waals surface area contributed by atoms with Crippen molar-refractivity contribution >= 4 is 5.91 Å². The molecule has 0 aliphatic heterocycles. The summed E-state index contributed by atoms with van der Waals surface area (Å²) in [6.07, 6.45) is 73.2. The predicted octanol–water partition coefficient (Wildman–Crippen LogP) is 18.6. The van der Waals surface area contributed by atoms with Crippen LogP contribution >= 0.6 is 0 Å². The van der Waals surface area contributed by atoms with E-state index in [1.807, 2.05) is 0 Å². The molecule has 3 unspecified atom stereocenters. The molecule has 3 atom stereocenters. The smallest absolute Gasteiger partial charge is 0.220 e. The number of aliphatic hydroxyl groups excluding tert-OH is 3. The van der Waals surface area contributed by atoms with Crippen molar-refractivity contribution in [2.24, 2.45) is 0 Å². The maximum Gasteiger partial charge on any atom is 0.220 e. The summed E-state index contributed by atoms with van der Waals surface area (Å²) < 4.78 is 0. The van der Waals surface area contributed by atoms with Gasteiger partial charge in [0.25, 0.3) is 0 Å². The number of hydrogen-bond acceptors (Lipinski definition) is 4. The summed E-state index contributed by atoms with van der Waals surface area (Å²) in [5.74, 6) is -0.154. The van der Waals surface area contributed by atoms with Crippen molar-refractivity contribution in [2.45, 2.75) is 340 Å². The van der Waals surface area contributed by atoms with Crippen LogP contribution in [0.25, 0.3) is 0 Å². The second-order valence-corrected chi connectivity index (χ2v) is 20.5. The van der Waals surface area contributed by atoms with Gasteiger partial charge in [-0.2, -0.15) is 0 Å². The Balaban J connectivity index is 3.55. The third-order valence-electron chi connectivity index (χ3n) is 13.9. The molecule has 5 heteroatoms. The highest BCUT2D eigenvalue weighted by molar-refractivity contribution is 5.76. The molecule has 0 spiro atoms. The zero-order valence-electron chi connectivity index (χ0n) is 44.6. The predicted molar refractivity (Wildman–Crippen MR) is 291 cm³/mol. The second kappa shape index (κ2) is 56.2. The lowest BCUT2D eigenvalue weighted by molar-refractivity contribution is -0.124. The molecule has 0 aromatic carbocycles. The molecule has 0 heterocycles. The van der Waals surface area contributed by atoms with E-state index in [1.165, 1.54) is 250 Å². The fourth-order valence-electron chi connectivity index (χ4n) is 9.35. The van der Waals surface area contributed by atoms with Crippen LogP contribution in [0.5, 0.6) is 0 Å². The van der Waals surface area contributed by atoms with Crippen LogP contribution in [0.15, 0.2) is 36.5 Å². The SMILES string of the molecule is CCCCCCCCCCCCCC/C=C\CCCCCCCCCCCCCCCCCC(=O)NC(CO)C(O)C(O)CCC/C=C/CC/C=C/CCCCCCCCCCCCCC. The van der Waals surface area contributed by atoms with Crippen LogP contribution < -0.4 is 5.32 Å². The van der Waals surface area contributed by atoms with Gasteiger partial charge in [0.15, 0.2) is 0 Å². The van der Waals surface area contributed by atoms with Gasteiger partial charge in [-0.25, -0.2) is 0 Å². The molecule has 390 valence electrons. The van der Waals surface area contributed by atoms with E-state index in [-0.39, 0.29) is 12.5 Å². The van der Waals surface area contributed by atoms with Crippen molar-refractivity contribution in [3.8, 4) is 0 Å². The van der Waals surface area contributed by atoms with Gasteiger partial charge in [0, 0.05) is 6.42 Å². The van der Waals surface area contributed by atoms with Crippen molar-refractivity contribution in [3.63, 3.8) is 0 Å². The van der Waals surface area contributed by atoms with Crippen LogP contribution in [0, 0.1) is 0 Å². The van der Waals surface area contributed by atoms with E-state index in [2.05, 4.69) is 55.6 Å². The molecule has 0 bridgehead atoms. The highest BCUT2D eigenvalue weighted by Gasteiger charge is 2.26. The van der Waals surface area contributed by atoms with Crippen LogP contribution in [0.2, 0.25) is 0 Å². The molecule has 0 saturated heterocycles. The molecule has 0 fully saturated rings. The first-order valence-corrected chi connectivity index (χ1v) is 29.8. The third-order valence-corrected chi connectivity index (χ3v) is 13.9. The van der Waals surface area contributed by atoms with Gasteiger partial charge in [0.1, 0.15) is 6.10 Å². The van der Waals surface area contributed by atoms with E-state index in [4.69, 9.17) is 0 Å². The van der Waals surface area contributed by atoms with Gasteiger partial charge < -0.3 is 20.6 Å². The summed E-state index contributed by atoms with van der Waals surface area (Å²) in [6.45, 7) is 4.20. The molecule has 0 aromatic rings. The number of amides is 1. The lowest BCUT2D eigenvalue weighted by Crippen LogP contribution is -2.50. The molecular formula is C61H117NO4. The van der Waals surface area contributed by atoms with E-state index < -0.39 is 18.2 Å². The summed E-state index contributed by atoms with van der Waals surface area (Å²) in [4.78, 5) is 12.5. The van der Waals surface area contributed by atoms with Crippen LogP contribution in [-0.2, 0) is 4.79 Å². The molecule has 5 nitrogen and oxygen atoms in total. The number of hydrogen-bond donors (Lipinski definition) is 4. The Morgan fingerprint density at radius 2 is 0.621 bits per heavy atom. The summed E-state index contributed by atoms with van der Waals surface area (Å²) >= 11 is 0. The fourth-order valence-corrected chi connectivity index (χ4v) is 9.35. The van der Waals surface area contributed by atoms with E-state index in [1.54, 1.807) is 0 Å². The average molecular weight is 929 g/mol. The number of aliphatic hydroxyl groups is 3. The Morgan fingerprint density at radius 1 is 0.364 bits per heavy atom. The minimum atomic E-state index is -1.17.